The first-order valence-electron chi connectivity index (χ1n) is 7.99. The molecule has 0 saturated heterocycles. The molecule has 0 aliphatic heterocycles. The predicted molar refractivity (Wildman–Crippen MR) is 97.1 cm³/mol. The van der Waals surface area contributed by atoms with Gasteiger partial charge < -0.3 is 19.7 Å². The van der Waals surface area contributed by atoms with Crippen molar-refractivity contribution in [3.63, 3.8) is 0 Å². The number of benzene rings is 2. The van der Waals surface area contributed by atoms with E-state index in [-0.39, 0.29) is 5.91 Å². The molecule has 0 aliphatic rings. The van der Waals surface area contributed by atoms with Gasteiger partial charge in [0.2, 0.25) is 5.91 Å². The fourth-order valence-corrected chi connectivity index (χ4v) is 2.47. The van der Waals surface area contributed by atoms with Crippen LogP contribution in [-0.4, -0.2) is 33.2 Å². The maximum absolute atomic E-state index is 12.3. The standard InChI is InChI=1S/C19H24N2O3/c1-4-21(15-8-6-5-7-9-15)13-12-19(22)20-17-14-16(23-2)10-11-18(17)24-3/h5-11,14H,4,12-13H2,1-3H3,(H,20,22). The van der Waals surface area contributed by atoms with E-state index in [1.807, 2.05) is 30.3 Å². The Hall–Kier alpha value is -2.69. The maximum Gasteiger partial charge on any atom is 0.226 e. The summed E-state index contributed by atoms with van der Waals surface area (Å²) in [7, 11) is 3.16. The van der Waals surface area contributed by atoms with Gasteiger partial charge in [0.1, 0.15) is 11.5 Å². The summed E-state index contributed by atoms with van der Waals surface area (Å²) in [6, 6.07) is 15.4. The molecule has 0 atom stereocenters. The van der Waals surface area contributed by atoms with Crippen LogP contribution in [0.2, 0.25) is 0 Å². The Kier molecular flexibility index (Phi) is 6.49. The number of hydrogen-bond acceptors (Lipinski definition) is 4. The molecular weight excluding hydrogens is 304 g/mol. The minimum absolute atomic E-state index is 0.0593. The number of rotatable bonds is 8. The first kappa shape index (κ1) is 17.7. The van der Waals surface area contributed by atoms with Crippen LogP contribution in [0.25, 0.3) is 0 Å². The van der Waals surface area contributed by atoms with Crippen molar-refractivity contribution in [2.24, 2.45) is 0 Å². The zero-order chi connectivity index (χ0) is 17.4. The summed E-state index contributed by atoms with van der Waals surface area (Å²) in [4.78, 5) is 14.5. The van der Waals surface area contributed by atoms with Gasteiger partial charge in [0.15, 0.2) is 0 Å². The zero-order valence-electron chi connectivity index (χ0n) is 14.4. The fourth-order valence-electron chi connectivity index (χ4n) is 2.47. The van der Waals surface area contributed by atoms with Gasteiger partial charge in [0.25, 0.3) is 0 Å². The summed E-state index contributed by atoms with van der Waals surface area (Å²) < 4.78 is 10.5. The van der Waals surface area contributed by atoms with E-state index < -0.39 is 0 Å². The molecular formula is C19H24N2O3. The molecule has 128 valence electrons. The molecule has 0 unspecified atom stereocenters. The van der Waals surface area contributed by atoms with Crippen molar-refractivity contribution >= 4 is 17.3 Å². The molecule has 0 bridgehead atoms. The van der Waals surface area contributed by atoms with E-state index in [1.165, 1.54) is 0 Å². The van der Waals surface area contributed by atoms with E-state index >= 15 is 0 Å². The average molecular weight is 328 g/mol. The van der Waals surface area contributed by atoms with Gasteiger partial charge in [-0.1, -0.05) is 18.2 Å². The molecule has 24 heavy (non-hydrogen) atoms. The highest BCUT2D eigenvalue weighted by molar-refractivity contribution is 5.92. The summed E-state index contributed by atoms with van der Waals surface area (Å²) in [6.45, 7) is 3.58. The number of hydrogen-bond donors (Lipinski definition) is 1. The maximum atomic E-state index is 12.3. The highest BCUT2D eigenvalue weighted by Crippen LogP contribution is 2.29. The van der Waals surface area contributed by atoms with Crippen molar-refractivity contribution in [3.8, 4) is 11.5 Å². The van der Waals surface area contributed by atoms with Gasteiger partial charge in [-0.25, -0.2) is 0 Å². The second kappa shape index (κ2) is 8.82. The van der Waals surface area contributed by atoms with Crippen molar-refractivity contribution in [1.82, 2.24) is 0 Å². The fraction of sp³-hybridized carbons (Fsp3) is 0.316. The van der Waals surface area contributed by atoms with Crippen LogP contribution in [0.15, 0.2) is 48.5 Å². The molecule has 5 heteroatoms. The second-order valence-electron chi connectivity index (χ2n) is 5.28. The SMILES string of the molecule is CCN(CCC(=O)Nc1cc(OC)ccc1OC)c1ccccc1. The number of nitrogens with one attached hydrogen (secondary N) is 1. The Morgan fingerprint density at radius 3 is 2.46 bits per heavy atom. The van der Waals surface area contributed by atoms with Crippen molar-refractivity contribution in [1.29, 1.82) is 0 Å². The van der Waals surface area contributed by atoms with Crippen molar-refractivity contribution in [2.75, 3.05) is 37.5 Å². The molecule has 2 aromatic carbocycles. The lowest BCUT2D eigenvalue weighted by Gasteiger charge is -2.22. The second-order valence-corrected chi connectivity index (χ2v) is 5.28. The van der Waals surface area contributed by atoms with Gasteiger partial charge in [0, 0.05) is 31.3 Å². The summed E-state index contributed by atoms with van der Waals surface area (Å²) in [5.74, 6) is 1.22. The number of ether oxygens (including phenoxy) is 2. The van der Waals surface area contributed by atoms with E-state index in [0.29, 0.717) is 30.2 Å². The molecule has 0 spiro atoms. The Balaban J connectivity index is 1.98. The molecule has 1 amide bonds. The third-order valence-corrected chi connectivity index (χ3v) is 3.79. The topological polar surface area (TPSA) is 50.8 Å². The molecule has 2 rings (SSSR count). The van der Waals surface area contributed by atoms with Gasteiger partial charge in [-0.05, 0) is 31.2 Å². The Morgan fingerprint density at radius 2 is 1.83 bits per heavy atom. The smallest absolute Gasteiger partial charge is 0.226 e. The molecule has 0 saturated carbocycles. The highest BCUT2D eigenvalue weighted by Gasteiger charge is 2.11. The summed E-state index contributed by atoms with van der Waals surface area (Å²) in [5.41, 5.74) is 1.73. The highest BCUT2D eigenvalue weighted by atomic mass is 16.5. The van der Waals surface area contributed by atoms with E-state index in [4.69, 9.17) is 9.47 Å². The number of carbonyl (C=O) groups is 1. The monoisotopic (exact) mass is 328 g/mol. The largest absolute Gasteiger partial charge is 0.497 e. The van der Waals surface area contributed by atoms with E-state index in [2.05, 4.69) is 17.1 Å². The quantitative estimate of drug-likeness (QED) is 0.805. The number of methoxy groups -OCH3 is 2. The van der Waals surface area contributed by atoms with Gasteiger partial charge in [-0.3, -0.25) is 4.79 Å². The third-order valence-electron chi connectivity index (χ3n) is 3.79. The molecule has 2 aromatic rings. The van der Waals surface area contributed by atoms with Crippen molar-refractivity contribution in [2.45, 2.75) is 13.3 Å². The third kappa shape index (κ3) is 4.65. The average Bonchev–Trinajstić information content (AvgIpc) is 2.63. The molecule has 0 radical (unpaired) electrons. The first-order valence-corrected chi connectivity index (χ1v) is 7.99. The molecule has 1 N–H and O–H groups in total. The Morgan fingerprint density at radius 1 is 1.08 bits per heavy atom. The normalized spacial score (nSPS) is 10.1. The number of anilines is 2. The lowest BCUT2D eigenvalue weighted by Crippen LogP contribution is -2.27. The van der Waals surface area contributed by atoms with Gasteiger partial charge >= 0.3 is 0 Å². The van der Waals surface area contributed by atoms with Gasteiger partial charge in [0.05, 0.1) is 19.9 Å². The minimum atomic E-state index is -0.0593. The molecule has 0 aromatic heterocycles. The lowest BCUT2D eigenvalue weighted by atomic mass is 10.2. The van der Waals surface area contributed by atoms with Crippen LogP contribution in [0.4, 0.5) is 11.4 Å². The molecule has 0 fully saturated rings. The van der Waals surface area contributed by atoms with E-state index in [1.54, 1.807) is 32.4 Å². The summed E-state index contributed by atoms with van der Waals surface area (Å²) in [5, 5.41) is 2.90. The Bertz CT molecular complexity index is 659. The zero-order valence-corrected chi connectivity index (χ0v) is 14.4. The number of amides is 1. The molecule has 0 aliphatic carbocycles. The Labute approximate surface area is 143 Å². The number of nitrogens with zero attached hydrogens (tertiary/aromatic N) is 1. The summed E-state index contributed by atoms with van der Waals surface area (Å²) in [6.07, 6.45) is 0.392. The first-order chi connectivity index (χ1) is 11.7. The van der Waals surface area contributed by atoms with Crippen molar-refractivity contribution < 1.29 is 14.3 Å². The van der Waals surface area contributed by atoms with Gasteiger partial charge in [-0.15, -0.1) is 0 Å². The van der Waals surface area contributed by atoms with E-state index in [9.17, 15) is 4.79 Å². The van der Waals surface area contributed by atoms with Gasteiger partial charge in [-0.2, -0.15) is 0 Å². The van der Waals surface area contributed by atoms with E-state index in [0.717, 1.165) is 12.2 Å². The lowest BCUT2D eigenvalue weighted by molar-refractivity contribution is -0.116. The van der Waals surface area contributed by atoms with Crippen molar-refractivity contribution in [3.05, 3.63) is 48.5 Å². The minimum Gasteiger partial charge on any atom is -0.497 e. The summed E-state index contributed by atoms with van der Waals surface area (Å²) >= 11 is 0. The van der Waals surface area contributed by atoms with Crippen LogP contribution in [0, 0.1) is 0 Å². The molecule has 0 heterocycles. The number of carbonyl (C=O) groups excluding carboxylic acids is 1. The van der Waals surface area contributed by atoms with Crippen LogP contribution < -0.4 is 19.7 Å². The van der Waals surface area contributed by atoms with Crippen LogP contribution in [-0.2, 0) is 4.79 Å². The predicted octanol–water partition coefficient (Wildman–Crippen LogP) is 3.56. The van der Waals surface area contributed by atoms with Crippen LogP contribution >= 0.6 is 0 Å². The number of para-hydroxylation sites is 1. The molecule has 5 nitrogen and oxygen atoms in total. The van der Waals surface area contributed by atoms with Crippen LogP contribution in [0.3, 0.4) is 0 Å². The van der Waals surface area contributed by atoms with Crippen LogP contribution in [0.5, 0.6) is 11.5 Å². The van der Waals surface area contributed by atoms with Crippen LogP contribution in [0.1, 0.15) is 13.3 Å².